The summed E-state index contributed by atoms with van der Waals surface area (Å²) in [6.07, 6.45) is 2.04. The van der Waals surface area contributed by atoms with E-state index in [0.29, 0.717) is 24.9 Å². The van der Waals surface area contributed by atoms with Crippen LogP contribution in [0.4, 0.5) is 0 Å². The number of methoxy groups -OCH3 is 2. The predicted molar refractivity (Wildman–Crippen MR) is 95.6 cm³/mol. The third-order valence-electron chi connectivity index (χ3n) is 4.50. The summed E-state index contributed by atoms with van der Waals surface area (Å²) in [4.78, 5) is 14.4. The number of amides is 1. The largest absolute Gasteiger partial charge is 0.493 e. The van der Waals surface area contributed by atoms with Crippen LogP contribution in [0.5, 0.6) is 11.5 Å². The van der Waals surface area contributed by atoms with Crippen LogP contribution < -0.4 is 14.8 Å². The van der Waals surface area contributed by atoms with Crippen LogP contribution in [0, 0.1) is 11.8 Å². The Kier molecular flexibility index (Phi) is 6.91. The average Bonchev–Trinajstić information content (AvgIpc) is 2.53. The maximum Gasteiger partial charge on any atom is 0.234 e. The zero-order valence-corrected chi connectivity index (χ0v) is 15.3. The van der Waals surface area contributed by atoms with Gasteiger partial charge in [0.25, 0.3) is 0 Å². The van der Waals surface area contributed by atoms with Crippen molar-refractivity contribution in [2.45, 2.75) is 26.7 Å². The van der Waals surface area contributed by atoms with Crippen LogP contribution in [-0.2, 0) is 11.2 Å². The molecule has 0 radical (unpaired) electrons. The first-order valence-electron chi connectivity index (χ1n) is 8.71. The van der Waals surface area contributed by atoms with Crippen LogP contribution in [0.2, 0.25) is 0 Å². The number of piperidine rings is 1. The molecule has 0 spiro atoms. The van der Waals surface area contributed by atoms with Gasteiger partial charge in [-0.25, -0.2) is 0 Å². The van der Waals surface area contributed by atoms with E-state index in [1.54, 1.807) is 14.2 Å². The van der Waals surface area contributed by atoms with Gasteiger partial charge < -0.3 is 14.8 Å². The summed E-state index contributed by atoms with van der Waals surface area (Å²) < 4.78 is 10.5. The number of hydrogen-bond donors (Lipinski definition) is 1. The molecule has 0 aliphatic carbocycles. The zero-order chi connectivity index (χ0) is 17.5. The molecule has 1 aliphatic rings. The molecule has 24 heavy (non-hydrogen) atoms. The van der Waals surface area contributed by atoms with Gasteiger partial charge in [-0.05, 0) is 42.4 Å². The summed E-state index contributed by atoms with van der Waals surface area (Å²) in [5.74, 6) is 2.90. The second-order valence-corrected chi connectivity index (χ2v) is 6.93. The van der Waals surface area contributed by atoms with Crippen molar-refractivity contribution in [3.63, 3.8) is 0 Å². The molecule has 1 aromatic carbocycles. The molecule has 1 amide bonds. The van der Waals surface area contributed by atoms with Gasteiger partial charge in [0.2, 0.25) is 5.91 Å². The fourth-order valence-corrected chi connectivity index (χ4v) is 3.56. The Morgan fingerprint density at radius 1 is 1.17 bits per heavy atom. The monoisotopic (exact) mass is 334 g/mol. The third kappa shape index (κ3) is 5.41. The van der Waals surface area contributed by atoms with E-state index < -0.39 is 0 Å². The molecule has 1 saturated heterocycles. The summed E-state index contributed by atoms with van der Waals surface area (Å²) >= 11 is 0. The lowest BCUT2D eigenvalue weighted by Crippen LogP contribution is -2.44. The molecular formula is C19H30N2O3. The fourth-order valence-electron chi connectivity index (χ4n) is 3.56. The molecule has 0 saturated carbocycles. The number of nitrogens with one attached hydrogen (secondary N) is 1. The summed E-state index contributed by atoms with van der Waals surface area (Å²) in [7, 11) is 3.25. The Balaban J connectivity index is 1.76. The van der Waals surface area contributed by atoms with E-state index in [0.717, 1.165) is 36.6 Å². The molecular weight excluding hydrogens is 304 g/mol. The first-order valence-corrected chi connectivity index (χ1v) is 8.71. The van der Waals surface area contributed by atoms with E-state index in [1.165, 1.54) is 6.42 Å². The molecule has 2 rings (SSSR count). The smallest absolute Gasteiger partial charge is 0.234 e. The number of carbonyl (C=O) groups excluding carboxylic acids is 1. The van der Waals surface area contributed by atoms with Crippen LogP contribution in [-0.4, -0.2) is 51.2 Å². The number of likely N-dealkylation sites (tertiary alicyclic amines) is 1. The van der Waals surface area contributed by atoms with Gasteiger partial charge >= 0.3 is 0 Å². The lowest BCUT2D eigenvalue weighted by atomic mass is 9.92. The Hall–Kier alpha value is -1.75. The molecule has 1 N–H and O–H groups in total. The van der Waals surface area contributed by atoms with Gasteiger partial charge in [-0.2, -0.15) is 0 Å². The van der Waals surface area contributed by atoms with Crippen molar-refractivity contribution in [2.24, 2.45) is 11.8 Å². The van der Waals surface area contributed by atoms with Crippen molar-refractivity contribution in [3.8, 4) is 11.5 Å². The number of rotatable bonds is 7. The highest BCUT2D eigenvalue weighted by Gasteiger charge is 2.23. The SMILES string of the molecule is COc1ccc(CCNC(=O)CN2CC(C)CC(C)C2)cc1OC. The van der Waals surface area contributed by atoms with Gasteiger partial charge in [0.1, 0.15) is 0 Å². The van der Waals surface area contributed by atoms with Gasteiger partial charge in [-0.1, -0.05) is 19.9 Å². The third-order valence-corrected chi connectivity index (χ3v) is 4.50. The van der Waals surface area contributed by atoms with Gasteiger partial charge in [-0.15, -0.1) is 0 Å². The Morgan fingerprint density at radius 3 is 2.46 bits per heavy atom. The maximum absolute atomic E-state index is 12.1. The molecule has 1 heterocycles. The summed E-state index contributed by atoms with van der Waals surface area (Å²) in [6, 6.07) is 5.85. The van der Waals surface area contributed by atoms with Crippen LogP contribution in [0.3, 0.4) is 0 Å². The predicted octanol–water partition coefficient (Wildman–Crippen LogP) is 2.34. The van der Waals surface area contributed by atoms with Crippen molar-refractivity contribution < 1.29 is 14.3 Å². The van der Waals surface area contributed by atoms with Gasteiger partial charge in [-0.3, -0.25) is 9.69 Å². The molecule has 1 aliphatic heterocycles. The highest BCUT2D eigenvalue weighted by molar-refractivity contribution is 5.78. The van der Waals surface area contributed by atoms with Crippen LogP contribution >= 0.6 is 0 Å². The maximum atomic E-state index is 12.1. The first kappa shape index (κ1) is 18.6. The van der Waals surface area contributed by atoms with Gasteiger partial charge in [0.15, 0.2) is 11.5 Å². The molecule has 5 heteroatoms. The van der Waals surface area contributed by atoms with Crippen molar-refractivity contribution in [1.29, 1.82) is 0 Å². The normalized spacial score (nSPS) is 21.3. The van der Waals surface area contributed by atoms with Crippen molar-refractivity contribution >= 4 is 5.91 Å². The highest BCUT2D eigenvalue weighted by Crippen LogP contribution is 2.27. The van der Waals surface area contributed by atoms with E-state index in [9.17, 15) is 4.79 Å². The quantitative estimate of drug-likeness (QED) is 0.831. The summed E-state index contributed by atoms with van der Waals surface area (Å²) in [5, 5.41) is 3.02. The molecule has 2 atom stereocenters. The lowest BCUT2D eigenvalue weighted by molar-refractivity contribution is -0.122. The van der Waals surface area contributed by atoms with Crippen LogP contribution in [0.25, 0.3) is 0 Å². The first-order chi connectivity index (χ1) is 11.5. The lowest BCUT2D eigenvalue weighted by Gasteiger charge is -2.34. The Morgan fingerprint density at radius 2 is 1.83 bits per heavy atom. The molecule has 1 aromatic rings. The molecule has 5 nitrogen and oxygen atoms in total. The second-order valence-electron chi connectivity index (χ2n) is 6.93. The zero-order valence-electron chi connectivity index (χ0n) is 15.3. The number of hydrogen-bond acceptors (Lipinski definition) is 4. The topological polar surface area (TPSA) is 50.8 Å². The minimum absolute atomic E-state index is 0.108. The fraction of sp³-hybridized carbons (Fsp3) is 0.632. The standard InChI is InChI=1S/C19H30N2O3/c1-14-9-15(2)12-21(11-14)13-19(22)20-8-7-16-5-6-17(23-3)18(10-16)24-4/h5-6,10,14-15H,7-9,11-13H2,1-4H3,(H,20,22). The molecule has 1 fully saturated rings. The number of benzene rings is 1. The van der Waals surface area contributed by atoms with E-state index in [-0.39, 0.29) is 5.91 Å². The van der Waals surface area contributed by atoms with E-state index >= 15 is 0 Å². The van der Waals surface area contributed by atoms with E-state index in [4.69, 9.17) is 9.47 Å². The van der Waals surface area contributed by atoms with Crippen LogP contribution in [0.15, 0.2) is 18.2 Å². The highest BCUT2D eigenvalue weighted by atomic mass is 16.5. The Bertz CT molecular complexity index is 537. The van der Waals surface area contributed by atoms with Crippen molar-refractivity contribution in [1.82, 2.24) is 10.2 Å². The summed E-state index contributed by atoms with van der Waals surface area (Å²) in [6.45, 7) is 7.70. The number of ether oxygens (including phenoxy) is 2. The Labute approximate surface area is 145 Å². The molecule has 0 aromatic heterocycles. The van der Waals surface area contributed by atoms with Gasteiger partial charge in [0.05, 0.1) is 20.8 Å². The number of nitrogens with zero attached hydrogens (tertiary/aromatic N) is 1. The second kappa shape index (κ2) is 8.92. The van der Waals surface area contributed by atoms with E-state index in [2.05, 4.69) is 24.1 Å². The average molecular weight is 334 g/mol. The van der Waals surface area contributed by atoms with Gasteiger partial charge in [0, 0.05) is 19.6 Å². The number of carbonyl (C=O) groups is 1. The molecule has 2 unspecified atom stereocenters. The van der Waals surface area contributed by atoms with Crippen molar-refractivity contribution in [3.05, 3.63) is 23.8 Å². The minimum Gasteiger partial charge on any atom is -0.493 e. The molecule has 0 bridgehead atoms. The van der Waals surface area contributed by atoms with E-state index in [1.807, 2.05) is 18.2 Å². The minimum atomic E-state index is 0.108. The van der Waals surface area contributed by atoms with Crippen LogP contribution in [0.1, 0.15) is 25.8 Å². The molecule has 134 valence electrons. The summed E-state index contributed by atoms with van der Waals surface area (Å²) in [5.41, 5.74) is 1.12. The van der Waals surface area contributed by atoms with Crippen molar-refractivity contribution in [2.75, 3.05) is 40.4 Å².